The van der Waals surface area contributed by atoms with Crippen molar-refractivity contribution in [3.05, 3.63) is 59.2 Å². The first-order valence-corrected chi connectivity index (χ1v) is 9.91. The van der Waals surface area contributed by atoms with E-state index in [0.29, 0.717) is 42.5 Å². The molecule has 0 saturated carbocycles. The third-order valence-electron chi connectivity index (χ3n) is 4.24. The van der Waals surface area contributed by atoms with Gasteiger partial charge in [0, 0.05) is 30.8 Å². The second-order valence-corrected chi connectivity index (χ2v) is 6.60. The Labute approximate surface area is 204 Å². The molecule has 0 radical (unpaired) electrons. The fourth-order valence-electron chi connectivity index (χ4n) is 2.75. The Hall–Kier alpha value is -2.63. The molecule has 0 atom stereocenters. The fourth-order valence-corrected chi connectivity index (χ4v) is 2.75. The zero-order valence-corrected chi connectivity index (χ0v) is 20.6. The maximum atomic E-state index is 12.6. The summed E-state index contributed by atoms with van der Waals surface area (Å²) in [5, 5.41) is 9.01. The molecule has 7 nitrogen and oxygen atoms in total. The van der Waals surface area contributed by atoms with Crippen molar-refractivity contribution in [1.82, 2.24) is 16.0 Å². The van der Waals surface area contributed by atoms with Gasteiger partial charge in [-0.25, -0.2) is 4.99 Å². The average molecular weight is 562 g/mol. The Balaban J connectivity index is 0.00000512. The van der Waals surface area contributed by atoms with E-state index in [1.807, 2.05) is 13.8 Å². The van der Waals surface area contributed by atoms with Crippen molar-refractivity contribution < 1.29 is 23.0 Å². The molecule has 1 amide bonds. The Morgan fingerprint density at radius 1 is 1.06 bits per heavy atom. The van der Waals surface area contributed by atoms with Crippen LogP contribution in [-0.4, -0.2) is 45.2 Å². The van der Waals surface area contributed by atoms with Gasteiger partial charge >= 0.3 is 6.61 Å². The van der Waals surface area contributed by atoms with Gasteiger partial charge in [0.2, 0.25) is 0 Å². The molecular weight excluding hydrogens is 533 g/mol. The molecule has 32 heavy (non-hydrogen) atoms. The Morgan fingerprint density at radius 2 is 1.75 bits per heavy atom. The van der Waals surface area contributed by atoms with Crippen LogP contribution in [0.2, 0.25) is 0 Å². The van der Waals surface area contributed by atoms with Gasteiger partial charge in [-0.1, -0.05) is 17.7 Å². The van der Waals surface area contributed by atoms with E-state index in [2.05, 4.69) is 25.7 Å². The molecule has 2 aromatic carbocycles. The third kappa shape index (κ3) is 9.25. The minimum atomic E-state index is -2.90. The summed E-state index contributed by atoms with van der Waals surface area (Å²) in [6.45, 7) is 2.48. The van der Waals surface area contributed by atoms with Crippen molar-refractivity contribution in [3.8, 4) is 11.5 Å². The van der Waals surface area contributed by atoms with Gasteiger partial charge in [-0.15, -0.1) is 24.0 Å². The van der Waals surface area contributed by atoms with Gasteiger partial charge in [0.15, 0.2) is 5.96 Å². The van der Waals surface area contributed by atoms with E-state index in [9.17, 15) is 13.6 Å². The monoisotopic (exact) mass is 562 g/mol. The normalized spacial score (nSPS) is 10.9. The molecule has 0 spiro atoms. The quantitative estimate of drug-likeness (QED) is 0.178. The number of hydrogen-bond acceptors (Lipinski definition) is 4. The predicted molar refractivity (Wildman–Crippen MR) is 131 cm³/mol. The predicted octanol–water partition coefficient (Wildman–Crippen LogP) is 3.71. The Morgan fingerprint density at radius 3 is 2.38 bits per heavy atom. The smallest absolute Gasteiger partial charge is 0.387 e. The summed E-state index contributed by atoms with van der Waals surface area (Å²) in [6, 6.07) is 11.8. The van der Waals surface area contributed by atoms with Crippen molar-refractivity contribution >= 4 is 35.8 Å². The first-order chi connectivity index (χ1) is 14.9. The lowest BCUT2D eigenvalue weighted by molar-refractivity contribution is -0.0504. The van der Waals surface area contributed by atoms with Crippen LogP contribution in [0.25, 0.3) is 0 Å². The molecule has 0 unspecified atom stereocenters. The number of rotatable bonds is 10. The van der Waals surface area contributed by atoms with Crippen molar-refractivity contribution in [2.45, 2.75) is 27.0 Å². The minimum Gasteiger partial charge on any atom is -0.497 e. The molecular formula is C22H29F2IN4O3. The number of aryl methyl sites for hydroxylation is 1. The lowest BCUT2D eigenvalue weighted by atomic mass is 10.1. The van der Waals surface area contributed by atoms with Crippen LogP contribution >= 0.6 is 24.0 Å². The molecule has 0 saturated heterocycles. The first-order valence-electron chi connectivity index (χ1n) is 9.91. The molecule has 0 aliphatic rings. The van der Waals surface area contributed by atoms with Crippen LogP contribution in [0.4, 0.5) is 8.78 Å². The van der Waals surface area contributed by atoms with Gasteiger partial charge in [0.1, 0.15) is 11.5 Å². The number of nitrogens with one attached hydrogen (secondary N) is 3. The summed E-state index contributed by atoms with van der Waals surface area (Å²) in [4.78, 5) is 16.6. The lowest BCUT2D eigenvalue weighted by Gasteiger charge is -2.13. The number of ether oxygens (including phenoxy) is 2. The highest BCUT2D eigenvalue weighted by Gasteiger charge is 2.10. The van der Waals surface area contributed by atoms with Crippen molar-refractivity contribution in [3.63, 3.8) is 0 Å². The third-order valence-corrected chi connectivity index (χ3v) is 4.24. The van der Waals surface area contributed by atoms with Crippen LogP contribution in [-0.2, 0) is 6.54 Å². The summed E-state index contributed by atoms with van der Waals surface area (Å²) in [7, 11) is 1.57. The van der Waals surface area contributed by atoms with Crippen LogP contribution in [0.5, 0.6) is 11.5 Å². The Kier molecular flexibility index (Phi) is 12.4. The van der Waals surface area contributed by atoms with Crippen LogP contribution in [0, 0.1) is 6.92 Å². The maximum Gasteiger partial charge on any atom is 0.387 e. The van der Waals surface area contributed by atoms with Gasteiger partial charge in [-0.2, -0.15) is 8.78 Å². The molecule has 0 heterocycles. The number of halogens is 3. The molecule has 2 rings (SSSR count). The van der Waals surface area contributed by atoms with Gasteiger partial charge < -0.3 is 25.4 Å². The van der Waals surface area contributed by atoms with E-state index in [0.717, 1.165) is 5.56 Å². The number of aliphatic imine (C=N–C) groups is 1. The number of benzene rings is 2. The Bertz CT molecular complexity index is 880. The van der Waals surface area contributed by atoms with Gasteiger partial charge in [0.25, 0.3) is 5.91 Å². The molecule has 10 heteroatoms. The zero-order valence-electron chi connectivity index (χ0n) is 18.3. The molecule has 3 N–H and O–H groups in total. The number of carbonyl (C=O) groups excluding carboxylic acids is 1. The van der Waals surface area contributed by atoms with Crippen LogP contribution < -0.4 is 25.4 Å². The van der Waals surface area contributed by atoms with Crippen molar-refractivity contribution in [1.29, 1.82) is 0 Å². The summed E-state index contributed by atoms with van der Waals surface area (Å²) < 4.78 is 34.9. The van der Waals surface area contributed by atoms with E-state index in [-0.39, 0.29) is 42.2 Å². The van der Waals surface area contributed by atoms with Crippen molar-refractivity contribution in [2.24, 2.45) is 4.99 Å². The molecule has 0 fully saturated rings. The van der Waals surface area contributed by atoms with Crippen molar-refractivity contribution in [2.75, 3.05) is 26.7 Å². The molecule has 0 bridgehead atoms. The molecule has 0 aliphatic heterocycles. The topological polar surface area (TPSA) is 84.0 Å². The van der Waals surface area contributed by atoms with Crippen LogP contribution in [0.1, 0.15) is 28.4 Å². The number of guanidine groups is 1. The van der Waals surface area contributed by atoms with Gasteiger partial charge in [-0.05, 0) is 44.2 Å². The largest absolute Gasteiger partial charge is 0.497 e. The fraction of sp³-hybridized carbons (Fsp3) is 0.364. The van der Waals surface area contributed by atoms with Crippen LogP contribution in [0.3, 0.4) is 0 Å². The zero-order chi connectivity index (χ0) is 22.6. The van der Waals surface area contributed by atoms with Gasteiger partial charge in [-0.3, -0.25) is 4.79 Å². The number of methoxy groups -OCH3 is 1. The van der Waals surface area contributed by atoms with E-state index in [4.69, 9.17) is 4.74 Å². The number of alkyl halides is 2. The summed E-state index contributed by atoms with van der Waals surface area (Å²) in [6.07, 6.45) is 0. The average Bonchev–Trinajstić information content (AvgIpc) is 2.76. The number of hydrogen-bond donors (Lipinski definition) is 3. The lowest BCUT2D eigenvalue weighted by Crippen LogP contribution is -2.41. The van der Waals surface area contributed by atoms with Crippen LogP contribution in [0.15, 0.2) is 47.5 Å². The molecule has 176 valence electrons. The SMILES string of the molecule is CCNC(=NCc1cc(C)ccc1OC(F)F)NCCNC(=O)c1ccc(OC)cc1.I. The first kappa shape index (κ1) is 27.4. The summed E-state index contributed by atoms with van der Waals surface area (Å²) in [5.74, 6) is 1.10. The second-order valence-electron chi connectivity index (χ2n) is 6.60. The molecule has 0 aliphatic carbocycles. The highest BCUT2D eigenvalue weighted by molar-refractivity contribution is 14.0. The standard InChI is InChI=1S/C22H28F2N4O3.HI/c1-4-25-22(28-14-17-13-15(2)5-10-19(17)31-21(23)24)27-12-11-26-20(29)16-6-8-18(30-3)9-7-16;/h5-10,13,21H,4,11-12,14H2,1-3H3,(H,26,29)(H2,25,27,28);1H. The van der Waals surface area contributed by atoms with E-state index < -0.39 is 6.61 Å². The second kappa shape index (κ2) is 14.4. The number of carbonyl (C=O) groups is 1. The van der Waals surface area contributed by atoms with E-state index in [1.165, 1.54) is 6.07 Å². The summed E-state index contributed by atoms with van der Waals surface area (Å²) in [5.41, 5.74) is 2.02. The minimum absolute atomic E-state index is 0. The number of amides is 1. The number of nitrogens with zero attached hydrogens (tertiary/aromatic N) is 1. The maximum absolute atomic E-state index is 12.6. The van der Waals surface area contributed by atoms with Gasteiger partial charge in [0.05, 0.1) is 13.7 Å². The highest BCUT2D eigenvalue weighted by Crippen LogP contribution is 2.22. The van der Waals surface area contributed by atoms with E-state index >= 15 is 0 Å². The molecule has 2 aromatic rings. The highest BCUT2D eigenvalue weighted by atomic mass is 127. The summed E-state index contributed by atoms with van der Waals surface area (Å²) >= 11 is 0. The molecule has 0 aromatic heterocycles. The van der Waals surface area contributed by atoms with E-state index in [1.54, 1.807) is 43.5 Å².